The summed E-state index contributed by atoms with van der Waals surface area (Å²) in [6.07, 6.45) is 2.40. The number of halogens is 1. The Morgan fingerprint density at radius 2 is 2.50 bits per heavy atom. The second-order valence-electron chi connectivity index (χ2n) is 0.710. The van der Waals surface area contributed by atoms with Crippen molar-refractivity contribution < 1.29 is 0 Å². The lowest BCUT2D eigenvalue weighted by atomic mass is 10.5. The van der Waals surface area contributed by atoms with Gasteiger partial charge in [0.2, 0.25) is 0 Å². The first kappa shape index (κ1) is 6.12. The van der Waals surface area contributed by atoms with Gasteiger partial charge in [0.05, 0.1) is 0 Å². The molecule has 0 aliphatic carbocycles. The Labute approximate surface area is 47.8 Å². The molecule has 0 amide bonds. The van der Waals surface area contributed by atoms with Crippen LogP contribution in [-0.4, -0.2) is 5.37 Å². The summed E-state index contributed by atoms with van der Waals surface area (Å²) in [6, 6.07) is 0. The van der Waals surface area contributed by atoms with E-state index in [1.165, 1.54) is 5.54 Å². The van der Waals surface area contributed by atoms with E-state index in [1.807, 2.05) is 0 Å². The van der Waals surface area contributed by atoms with Gasteiger partial charge in [0.1, 0.15) is 0 Å². The first-order valence-corrected chi connectivity index (χ1v) is 2.36. The van der Waals surface area contributed by atoms with Crippen LogP contribution in [0.15, 0.2) is 11.6 Å². The molecule has 2 heteroatoms. The monoisotopic (exact) mass is 119 g/mol. The molecule has 0 aromatic heterocycles. The quantitative estimate of drug-likeness (QED) is 0.501. The molecule has 0 unspecified atom stereocenters. The topological polar surface area (TPSA) is 0 Å². The number of hydrogen-bond acceptors (Lipinski definition) is 1. The smallest absolute Gasteiger partial charge is 0.0332 e. The van der Waals surface area contributed by atoms with Crippen molar-refractivity contribution in [2.24, 2.45) is 0 Å². The standard InChI is InChI=1S/C4H4ClS/c5-3-1-2-4-6/h1,3H,2H2. The molecule has 6 heavy (non-hydrogen) atoms. The highest BCUT2D eigenvalue weighted by Crippen LogP contribution is 1.80. The van der Waals surface area contributed by atoms with Crippen LogP contribution in [0, 0.1) is 0 Å². The molecule has 33 valence electrons. The molecule has 0 fully saturated rings. The minimum Gasteiger partial charge on any atom is -0.0933 e. The van der Waals surface area contributed by atoms with Gasteiger partial charge in [0, 0.05) is 17.3 Å². The van der Waals surface area contributed by atoms with E-state index in [2.05, 4.69) is 17.6 Å². The van der Waals surface area contributed by atoms with Crippen LogP contribution in [0.1, 0.15) is 6.42 Å². The van der Waals surface area contributed by atoms with Crippen molar-refractivity contribution in [3.63, 3.8) is 0 Å². The van der Waals surface area contributed by atoms with Crippen molar-refractivity contribution >= 4 is 29.2 Å². The second kappa shape index (κ2) is 5.12. The van der Waals surface area contributed by atoms with E-state index >= 15 is 0 Å². The SMILES string of the molecule is S=[C]CC=CCl. The van der Waals surface area contributed by atoms with Crippen molar-refractivity contribution in [3.05, 3.63) is 11.6 Å². The summed E-state index contributed by atoms with van der Waals surface area (Å²) in [4.78, 5) is 0. The fourth-order valence-electron chi connectivity index (χ4n) is 0.0927. The number of allylic oxidation sites excluding steroid dienone is 1. The molecule has 0 aromatic carbocycles. The van der Waals surface area contributed by atoms with Crippen LogP contribution in [0.3, 0.4) is 0 Å². The Kier molecular flexibility index (Phi) is 5.22. The minimum atomic E-state index is 0.666. The molecule has 0 aromatic rings. The van der Waals surface area contributed by atoms with Gasteiger partial charge in [-0.2, -0.15) is 0 Å². The van der Waals surface area contributed by atoms with E-state index in [1.54, 1.807) is 6.08 Å². The third-order valence-corrected chi connectivity index (χ3v) is 0.635. The molecule has 0 heterocycles. The second-order valence-corrected chi connectivity index (χ2v) is 1.25. The Morgan fingerprint density at radius 3 is 2.67 bits per heavy atom. The van der Waals surface area contributed by atoms with E-state index in [-0.39, 0.29) is 0 Å². The highest BCUT2D eigenvalue weighted by atomic mass is 35.5. The Bertz CT molecular complexity index is 58.6. The molecule has 0 aliphatic rings. The maximum Gasteiger partial charge on any atom is 0.0332 e. The Balaban J connectivity index is 2.85. The molecule has 0 atom stereocenters. The van der Waals surface area contributed by atoms with Gasteiger partial charge in [-0.25, -0.2) is 0 Å². The zero-order valence-electron chi connectivity index (χ0n) is 3.15. The number of thiocarbonyl (C=S) groups is 1. The third kappa shape index (κ3) is 4.12. The minimum absolute atomic E-state index is 0.666. The van der Waals surface area contributed by atoms with Gasteiger partial charge in [-0.3, -0.25) is 0 Å². The number of hydrogen-bond donors (Lipinski definition) is 0. The van der Waals surface area contributed by atoms with Crippen molar-refractivity contribution in [3.8, 4) is 0 Å². The highest BCUT2D eigenvalue weighted by Gasteiger charge is 1.62. The van der Waals surface area contributed by atoms with Crippen LogP contribution in [0.2, 0.25) is 0 Å². The van der Waals surface area contributed by atoms with Gasteiger partial charge in [0.15, 0.2) is 0 Å². The molecule has 0 bridgehead atoms. The Hall–Kier alpha value is 0.120. The van der Waals surface area contributed by atoms with Crippen molar-refractivity contribution in [2.75, 3.05) is 0 Å². The summed E-state index contributed by atoms with van der Waals surface area (Å²) < 4.78 is 0. The van der Waals surface area contributed by atoms with E-state index in [0.29, 0.717) is 6.42 Å². The maximum absolute atomic E-state index is 5.11. The van der Waals surface area contributed by atoms with Crippen LogP contribution in [0.5, 0.6) is 0 Å². The van der Waals surface area contributed by atoms with E-state index in [4.69, 9.17) is 11.6 Å². The van der Waals surface area contributed by atoms with Crippen LogP contribution >= 0.6 is 23.8 Å². The predicted octanol–water partition coefficient (Wildman–Crippen LogP) is 2.01. The van der Waals surface area contributed by atoms with Crippen LogP contribution < -0.4 is 0 Å². The normalized spacial score (nSPS) is 9.50. The first-order chi connectivity index (χ1) is 2.91. The van der Waals surface area contributed by atoms with Crippen molar-refractivity contribution in [2.45, 2.75) is 6.42 Å². The summed E-state index contributed by atoms with van der Waals surface area (Å²) in [5, 5.41) is 2.48. The van der Waals surface area contributed by atoms with Crippen LogP contribution in [0.4, 0.5) is 0 Å². The van der Waals surface area contributed by atoms with Gasteiger partial charge in [-0.1, -0.05) is 29.9 Å². The van der Waals surface area contributed by atoms with Gasteiger partial charge in [-0.05, 0) is 0 Å². The van der Waals surface area contributed by atoms with E-state index < -0.39 is 0 Å². The summed E-state index contributed by atoms with van der Waals surface area (Å²) >= 11 is 9.47. The summed E-state index contributed by atoms with van der Waals surface area (Å²) in [5.41, 5.74) is 1.43. The zero-order valence-corrected chi connectivity index (χ0v) is 4.72. The fourth-order valence-corrected chi connectivity index (χ4v) is 0.278. The van der Waals surface area contributed by atoms with Crippen molar-refractivity contribution in [1.29, 1.82) is 0 Å². The third-order valence-electron chi connectivity index (χ3n) is 0.290. The van der Waals surface area contributed by atoms with Crippen molar-refractivity contribution in [1.82, 2.24) is 0 Å². The van der Waals surface area contributed by atoms with Crippen LogP contribution in [0.25, 0.3) is 0 Å². The average molecular weight is 120 g/mol. The summed E-state index contributed by atoms with van der Waals surface area (Å²) in [5.74, 6) is 0. The molecule has 0 nitrogen and oxygen atoms in total. The summed E-state index contributed by atoms with van der Waals surface area (Å²) in [6.45, 7) is 0. The molecule has 0 N–H and O–H groups in total. The maximum atomic E-state index is 5.11. The molecular formula is C4H4ClS. The zero-order chi connectivity index (χ0) is 4.83. The molecule has 0 spiro atoms. The largest absolute Gasteiger partial charge is 0.0933 e. The fraction of sp³-hybridized carbons (Fsp3) is 0.250. The summed E-state index contributed by atoms with van der Waals surface area (Å²) in [7, 11) is 0. The first-order valence-electron chi connectivity index (χ1n) is 1.52. The van der Waals surface area contributed by atoms with Crippen LogP contribution in [-0.2, 0) is 0 Å². The van der Waals surface area contributed by atoms with Gasteiger partial charge in [0.25, 0.3) is 0 Å². The lowest BCUT2D eigenvalue weighted by Gasteiger charge is -1.65. The molecule has 0 rings (SSSR count). The molecule has 0 aliphatic heterocycles. The van der Waals surface area contributed by atoms with Gasteiger partial charge >= 0.3 is 0 Å². The molecule has 0 saturated heterocycles. The number of rotatable bonds is 2. The lowest BCUT2D eigenvalue weighted by Crippen LogP contribution is -1.56. The lowest BCUT2D eigenvalue weighted by molar-refractivity contribution is 1.59. The average Bonchev–Trinajstić information content (AvgIpc) is 1.61. The van der Waals surface area contributed by atoms with Gasteiger partial charge < -0.3 is 0 Å². The predicted molar refractivity (Wildman–Crippen MR) is 32.2 cm³/mol. The molecular weight excluding hydrogens is 116 g/mol. The molecule has 0 saturated carbocycles. The molecule has 1 radical (unpaired) electrons. The van der Waals surface area contributed by atoms with Gasteiger partial charge in [-0.15, -0.1) is 0 Å². The van der Waals surface area contributed by atoms with E-state index in [0.717, 1.165) is 0 Å². The highest BCUT2D eigenvalue weighted by molar-refractivity contribution is 7.78. The Morgan fingerprint density at radius 1 is 1.83 bits per heavy atom. The van der Waals surface area contributed by atoms with E-state index in [9.17, 15) is 0 Å².